The van der Waals surface area contributed by atoms with Gasteiger partial charge in [0.15, 0.2) is 5.78 Å². The van der Waals surface area contributed by atoms with Crippen LogP contribution in [0, 0.1) is 11.8 Å². The Hall–Kier alpha value is -0.370. The second-order valence-electron chi connectivity index (χ2n) is 6.86. The van der Waals surface area contributed by atoms with Gasteiger partial charge >= 0.3 is 0 Å². The van der Waals surface area contributed by atoms with Gasteiger partial charge in [-0.05, 0) is 52.1 Å². The van der Waals surface area contributed by atoms with E-state index in [2.05, 4.69) is 39.5 Å². The number of hydrogen-bond donors (Lipinski definition) is 0. The molecule has 0 spiro atoms. The van der Waals surface area contributed by atoms with Gasteiger partial charge in [-0.2, -0.15) is 0 Å². The lowest BCUT2D eigenvalue weighted by Crippen LogP contribution is -2.52. The van der Waals surface area contributed by atoms with Crippen LogP contribution in [0.4, 0.5) is 0 Å². The fraction of sp³-hybridized carbons (Fsp3) is 0.938. The first kappa shape index (κ1) is 15.7. The van der Waals surface area contributed by atoms with E-state index in [1.54, 1.807) is 0 Å². The largest absolute Gasteiger partial charge is 0.297 e. The van der Waals surface area contributed by atoms with E-state index in [-0.39, 0.29) is 11.5 Å². The number of nitrogens with zero attached hydrogens (tertiary/aromatic N) is 1. The highest BCUT2D eigenvalue weighted by Crippen LogP contribution is 2.26. The van der Waals surface area contributed by atoms with Gasteiger partial charge in [0.1, 0.15) is 0 Å². The first-order valence-electron chi connectivity index (χ1n) is 7.65. The van der Waals surface area contributed by atoms with Crippen LogP contribution in [0.3, 0.4) is 0 Å². The molecule has 2 heteroatoms. The monoisotopic (exact) mass is 253 g/mol. The Morgan fingerprint density at radius 2 is 1.56 bits per heavy atom. The van der Waals surface area contributed by atoms with Crippen LogP contribution in [-0.2, 0) is 4.79 Å². The summed E-state index contributed by atoms with van der Waals surface area (Å²) in [4.78, 5) is 15.1. The van der Waals surface area contributed by atoms with E-state index in [9.17, 15) is 4.79 Å². The summed E-state index contributed by atoms with van der Waals surface area (Å²) < 4.78 is 0. The molecule has 18 heavy (non-hydrogen) atoms. The first-order valence-corrected chi connectivity index (χ1v) is 7.65. The maximum Gasteiger partial charge on any atom is 0.155 e. The Morgan fingerprint density at radius 1 is 1.06 bits per heavy atom. The van der Waals surface area contributed by atoms with Crippen LogP contribution in [0.5, 0.6) is 0 Å². The fourth-order valence-corrected chi connectivity index (χ4v) is 3.20. The third-order valence-corrected chi connectivity index (χ3v) is 4.27. The lowest BCUT2D eigenvalue weighted by Gasteiger charge is -2.38. The number of rotatable bonds is 5. The Bertz CT molecular complexity index is 262. The van der Waals surface area contributed by atoms with Crippen LogP contribution in [0.15, 0.2) is 0 Å². The molecule has 1 aliphatic rings. The van der Waals surface area contributed by atoms with Crippen LogP contribution < -0.4 is 0 Å². The number of carbonyl (C=O) groups is 1. The third-order valence-electron chi connectivity index (χ3n) is 4.27. The normalized spacial score (nSPS) is 20.8. The number of hydrogen-bond acceptors (Lipinski definition) is 2. The average Bonchev–Trinajstić information content (AvgIpc) is 2.55. The Morgan fingerprint density at radius 3 is 2.00 bits per heavy atom. The zero-order chi connectivity index (χ0) is 13.8. The van der Waals surface area contributed by atoms with Gasteiger partial charge in [-0.3, -0.25) is 9.69 Å². The molecule has 1 atom stereocenters. The van der Waals surface area contributed by atoms with Crippen molar-refractivity contribution in [1.29, 1.82) is 0 Å². The van der Waals surface area contributed by atoms with E-state index in [1.807, 2.05) is 0 Å². The smallest absolute Gasteiger partial charge is 0.155 e. The van der Waals surface area contributed by atoms with E-state index in [1.165, 1.54) is 25.7 Å². The summed E-state index contributed by atoms with van der Waals surface area (Å²) in [7, 11) is 0. The van der Waals surface area contributed by atoms with E-state index in [0.717, 1.165) is 19.5 Å². The predicted octanol–water partition coefficient (Wildman–Crippen LogP) is 3.89. The minimum atomic E-state index is -0.279. The molecule has 1 unspecified atom stereocenters. The molecular weight excluding hydrogens is 222 g/mol. The van der Waals surface area contributed by atoms with Crippen molar-refractivity contribution in [2.24, 2.45) is 11.8 Å². The second kappa shape index (κ2) is 6.70. The highest BCUT2D eigenvalue weighted by molar-refractivity contribution is 5.89. The lowest BCUT2D eigenvalue weighted by molar-refractivity contribution is -0.133. The van der Waals surface area contributed by atoms with E-state index < -0.39 is 0 Å². The van der Waals surface area contributed by atoms with Crippen molar-refractivity contribution < 1.29 is 4.79 Å². The highest BCUT2D eigenvalue weighted by Gasteiger charge is 2.36. The van der Waals surface area contributed by atoms with Crippen LogP contribution in [0.2, 0.25) is 0 Å². The fourth-order valence-electron chi connectivity index (χ4n) is 3.20. The van der Waals surface area contributed by atoms with E-state index in [0.29, 0.717) is 11.7 Å². The summed E-state index contributed by atoms with van der Waals surface area (Å²) in [6.45, 7) is 12.9. The zero-order valence-electron chi connectivity index (χ0n) is 13.0. The van der Waals surface area contributed by atoms with Crippen molar-refractivity contribution in [3.8, 4) is 0 Å². The number of carbonyl (C=O) groups excluding carboxylic acids is 1. The van der Waals surface area contributed by atoms with E-state index in [4.69, 9.17) is 0 Å². The third kappa shape index (κ3) is 4.08. The Balaban J connectivity index is 2.67. The summed E-state index contributed by atoms with van der Waals surface area (Å²) >= 11 is 0. The minimum Gasteiger partial charge on any atom is -0.297 e. The quantitative estimate of drug-likeness (QED) is 0.741. The molecule has 106 valence electrons. The van der Waals surface area contributed by atoms with Gasteiger partial charge in [0.05, 0.1) is 5.54 Å². The van der Waals surface area contributed by atoms with Crippen molar-refractivity contribution in [2.45, 2.75) is 72.3 Å². The van der Waals surface area contributed by atoms with Crippen molar-refractivity contribution in [1.82, 2.24) is 4.90 Å². The van der Waals surface area contributed by atoms with Crippen LogP contribution >= 0.6 is 0 Å². The maximum atomic E-state index is 12.7. The molecule has 0 amide bonds. The molecule has 1 aliphatic heterocycles. The summed E-state index contributed by atoms with van der Waals surface area (Å²) in [6.07, 6.45) is 6.14. The second-order valence-corrected chi connectivity index (χ2v) is 6.86. The lowest BCUT2D eigenvalue weighted by atomic mass is 9.84. The van der Waals surface area contributed by atoms with Crippen molar-refractivity contribution in [3.05, 3.63) is 0 Å². The molecule has 0 aromatic rings. The summed E-state index contributed by atoms with van der Waals surface area (Å²) in [5.41, 5.74) is -0.279. The molecule has 0 aromatic carbocycles. The standard InChI is InChI=1S/C16H31NO/c1-13(2)12-14(3)15(18)16(4,5)17-10-8-6-7-9-11-17/h13-14H,6-12H2,1-5H3. The molecule has 2 nitrogen and oxygen atoms in total. The summed E-state index contributed by atoms with van der Waals surface area (Å²) in [6, 6.07) is 0. The Kier molecular flexibility index (Phi) is 5.84. The van der Waals surface area contributed by atoms with Gasteiger partial charge in [0.2, 0.25) is 0 Å². The van der Waals surface area contributed by atoms with E-state index >= 15 is 0 Å². The van der Waals surface area contributed by atoms with Gasteiger partial charge in [-0.25, -0.2) is 0 Å². The molecule has 0 saturated carbocycles. The summed E-state index contributed by atoms with van der Waals surface area (Å²) in [5.74, 6) is 1.21. The minimum absolute atomic E-state index is 0.184. The molecule has 1 heterocycles. The first-order chi connectivity index (χ1) is 8.35. The molecule has 1 rings (SSSR count). The van der Waals surface area contributed by atoms with Gasteiger partial charge < -0.3 is 0 Å². The molecule has 0 radical (unpaired) electrons. The number of likely N-dealkylation sites (tertiary alicyclic amines) is 1. The van der Waals surface area contributed by atoms with Gasteiger partial charge in [-0.1, -0.05) is 33.6 Å². The highest BCUT2D eigenvalue weighted by atomic mass is 16.1. The zero-order valence-corrected chi connectivity index (χ0v) is 13.0. The summed E-state index contributed by atoms with van der Waals surface area (Å²) in [5, 5.41) is 0. The van der Waals surface area contributed by atoms with Crippen LogP contribution in [0.25, 0.3) is 0 Å². The van der Waals surface area contributed by atoms with Crippen molar-refractivity contribution in [2.75, 3.05) is 13.1 Å². The average molecular weight is 253 g/mol. The van der Waals surface area contributed by atoms with Crippen LogP contribution in [-0.4, -0.2) is 29.3 Å². The molecule has 0 N–H and O–H groups in total. The van der Waals surface area contributed by atoms with Crippen molar-refractivity contribution >= 4 is 5.78 Å². The molecule has 1 saturated heterocycles. The molecular formula is C16H31NO. The predicted molar refractivity (Wildman–Crippen MR) is 77.7 cm³/mol. The number of Topliss-reactive ketones (excluding diaryl/α,β-unsaturated/α-hetero) is 1. The van der Waals surface area contributed by atoms with Crippen molar-refractivity contribution in [3.63, 3.8) is 0 Å². The van der Waals surface area contributed by atoms with Gasteiger partial charge in [-0.15, -0.1) is 0 Å². The van der Waals surface area contributed by atoms with Gasteiger partial charge in [0, 0.05) is 5.92 Å². The Labute approximate surface area is 113 Å². The van der Waals surface area contributed by atoms with Gasteiger partial charge in [0.25, 0.3) is 0 Å². The SMILES string of the molecule is CC(C)CC(C)C(=O)C(C)(C)N1CCCCCC1. The molecule has 0 bridgehead atoms. The molecule has 1 fully saturated rings. The van der Waals surface area contributed by atoms with Crippen LogP contribution in [0.1, 0.15) is 66.7 Å². The molecule has 0 aliphatic carbocycles. The maximum absolute atomic E-state index is 12.7. The topological polar surface area (TPSA) is 20.3 Å². The number of ketones is 1. The molecule has 0 aromatic heterocycles.